The first-order valence-corrected chi connectivity index (χ1v) is 6.81. The summed E-state index contributed by atoms with van der Waals surface area (Å²) in [4.78, 5) is 0.189. The standard InChI is InChI=1S/C13H13FN2S2/c1-8(9-4-5-18-7-9)16-12-3-2-10(14)6-11(12)13(15)17/h2-8,16H,1H3,(H2,15,17). The number of benzene rings is 1. The fourth-order valence-corrected chi connectivity index (χ4v) is 2.61. The van der Waals surface area contributed by atoms with E-state index >= 15 is 0 Å². The van der Waals surface area contributed by atoms with Crippen LogP contribution in [0.25, 0.3) is 0 Å². The minimum atomic E-state index is -0.341. The molecule has 1 unspecified atom stereocenters. The highest BCUT2D eigenvalue weighted by Crippen LogP contribution is 2.24. The van der Waals surface area contributed by atoms with Gasteiger partial charge in [-0.3, -0.25) is 0 Å². The van der Waals surface area contributed by atoms with Gasteiger partial charge in [0.05, 0.1) is 0 Å². The zero-order valence-electron chi connectivity index (χ0n) is 9.81. The molecule has 94 valence electrons. The molecule has 2 nitrogen and oxygen atoms in total. The van der Waals surface area contributed by atoms with E-state index in [1.54, 1.807) is 17.4 Å². The summed E-state index contributed by atoms with van der Waals surface area (Å²) in [5.41, 5.74) is 8.07. The van der Waals surface area contributed by atoms with E-state index in [2.05, 4.69) is 10.7 Å². The first-order chi connectivity index (χ1) is 8.58. The molecule has 0 aliphatic heterocycles. The van der Waals surface area contributed by atoms with E-state index in [4.69, 9.17) is 18.0 Å². The van der Waals surface area contributed by atoms with Crippen LogP contribution in [0.5, 0.6) is 0 Å². The van der Waals surface area contributed by atoms with Crippen LogP contribution in [-0.2, 0) is 0 Å². The van der Waals surface area contributed by atoms with E-state index < -0.39 is 0 Å². The van der Waals surface area contributed by atoms with Crippen molar-refractivity contribution in [2.75, 3.05) is 5.32 Å². The van der Waals surface area contributed by atoms with Crippen LogP contribution in [0.3, 0.4) is 0 Å². The molecule has 0 fully saturated rings. The summed E-state index contributed by atoms with van der Waals surface area (Å²) in [6.45, 7) is 2.04. The number of nitrogens with two attached hydrogens (primary N) is 1. The van der Waals surface area contributed by atoms with Gasteiger partial charge in [-0.1, -0.05) is 12.2 Å². The third kappa shape index (κ3) is 2.86. The lowest BCUT2D eigenvalue weighted by atomic mass is 10.1. The van der Waals surface area contributed by atoms with Crippen molar-refractivity contribution in [2.24, 2.45) is 5.73 Å². The summed E-state index contributed by atoms with van der Waals surface area (Å²) >= 11 is 6.58. The SMILES string of the molecule is CC(Nc1ccc(F)cc1C(N)=S)c1ccsc1. The van der Waals surface area contributed by atoms with Crippen LogP contribution in [0, 0.1) is 5.82 Å². The topological polar surface area (TPSA) is 38.0 Å². The number of thiophene rings is 1. The van der Waals surface area contributed by atoms with Gasteiger partial charge in [0.1, 0.15) is 10.8 Å². The molecule has 1 aromatic heterocycles. The molecule has 2 aromatic rings. The summed E-state index contributed by atoms with van der Waals surface area (Å²) in [6.07, 6.45) is 0. The summed E-state index contributed by atoms with van der Waals surface area (Å²) in [5, 5.41) is 7.39. The highest BCUT2D eigenvalue weighted by molar-refractivity contribution is 7.80. The van der Waals surface area contributed by atoms with Crippen molar-refractivity contribution in [1.82, 2.24) is 0 Å². The Morgan fingerprint density at radius 3 is 2.83 bits per heavy atom. The molecule has 0 amide bonds. The third-order valence-electron chi connectivity index (χ3n) is 2.66. The molecule has 0 bridgehead atoms. The lowest BCUT2D eigenvalue weighted by molar-refractivity contribution is 0.627. The van der Waals surface area contributed by atoms with Crippen molar-refractivity contribution >= 4 is 34.2 Å². The van der Waals surface area contributed by atoms with Crippen molar-refractivity contribution < 1.29 is 4.39 Å². The van der Waals surface area contributed by atoms with Gasteiger partial charge in [-0.25, -0.2) is 4.39 Å². The molecule has 2 rings (SSSR count). The fourth-order valence-electron chi connectivity index (χ4n) is 1.68. The number of halogens is 1. The van der Waals surface area contributed by atoms with E-state index in [0.29, 0.717) is 5.56 Å². The molecule has 0 radical (unpaired) electrons. The number of anilines is 1. The molecule has 0 aliphatic rings. The maximum Gasteiger partial charge on any atom is 0.124 e. The number of hydrogen-bond donors (Lipinski definition) is 2. The van der Waals surface area contributed by atoms with Gasteiger partial charge >= 0.3 is 0 Å². The average molecular weight is 280 g/mol. The predicted octanol–water partition coefficient (Wildman–Crippen LogP) is 3.69. The third-order valence-corrected chi connectivity index (χ3v) is 3.58. The summed E-state index contributed by atoms with van der Waals surface area (Å²) in [7, 11) is 0. The van der Waals surface area contributed by atoms with E-state index in [1.165, 1.54) is 17.7 Å². The van der Waals surface area contributed by atoms with Gasteiger partial charge in [-0.2, -0.15) is 11.3 Å². The quantitative estimate of drug-likeness (QED) is 0.839. The molecule has 0 saturated heterocycles. The molecular formula is C13H13FN2S2. The molecule has 3 N–H and O–H groups in total. The summed E-state index contributed by atoms with van der Waals surface area (Å²) in [6, 6.07) is 6.57. The van der Waals surface area contributed by atoms with Crippen molar-refractivity contribution in [1.29, 1.82) is 0 Å². The minimum absolute atomic E-state index is 0.120. The minimum Gasteiger partial charge on any atom is -0.389 e. The molecule has 18 heavy (non-hydrogen) atoms. The van der Waals surface area contributed by atoms with Gasteiger partial charge in [0.15, 0.2) is 0 Å². The van der Waals surface area contributed by atoms with Crippen LogP contribution in [0.2, 0.25) is 0 Å². The maximum atomic E-state index is 13.2. The van der Waals surface area contributed by atoms with Gasteiger partial charge in [0.2, 0.25) is 0 Å². The largest absolute Gasteiger partial charge is 0.389 e. The Morgan fingerprint density at radius 2 is 2.22 bits per heavy atom. The van der Waals surface area contributed by atoms with Crippen LogP contribution in [0.4, 0.5) is 10.1 Å². The van der Waals surface area contributed by atoms with Crippen LogP contribution in [0.1, 0.15) is 24.1 Å². The van der Waals surface area contributed by atoms with E-state index in [1.807, 2.05) is 18.4 Å². The summed E-state index contributed by atoms with van der Waals surface area (Å²) < 4.78 is 13.2. The average Bonchev–Trinajstić information content (AvgIpc) is 2.84. The van der Waals surface area contributed by atoms with E-state index in [0.717, 1.165) is 5.69 Å². The zero-order valence-corrected chi connectivity index (χ0v) is 11.4. The summed E-state index contributed by atoms with van der Waals surface area (Å²) in [5.74, 6) is -0.341. The second kappa shape index (κ2) is 5.46. The van der Waals surface area contributed by atoms with Gasteiger partial charge in [0, 0.05) is 17.3 Å². The molecule has 0 aliphatic carbocycles. The Balaban J connectivity index is 2.26. The van der Waals surface area contributed by atoms with Gasteiger partial charge < -0.3 is 11.1 Å². The van der Waals surface area contributed by atoms with Crippen molar-refractivity contribution in [3.8, 4) is 0 Å². The van der Waals surface area contributed by atoms with Gasteiger partial charge in [0.25, 0.3) is 0 Å². The maximum absolute atomic E-state index is 13.2. The fraction of sp³-hybridized carbons (Fsp3) is 0.154. The normalized spacial score (nSPS) is 12.1. The molecule has 0 spiro atoms. The molecule has 0 saturated carbocycles. The van der Waals surface area contributed by atoms with Crippen LogP contribution in [0.15, 0.2) is 35.0 Å². The van der Waals surface area contributed by atoms with Crippen molar-refractivity contribution in [2.45, 2.75) is 13.0 Å². The van der Waals surface area contributed by atoms with E-state index in [9.17, 15) is 4.39 Å². The number of rotatable bonds is 4. The highest BCUT2D eigenvalue weighted by atomic mass is 32.1. The first-order valence-electron chi connectivity index (χ1n) is 5.46. The Labute approximate surface area is 115 Å². The predicted molar refractivity (Wildman–Crippen MR) is 78.6 cm³/mol. The molecule has 1 atom stereocenters. The lowest BCUT2D eigenvalue weighted by Gasteiger charge is -2.17. The van der Waals surface area contributed by atoms with Crippen LogP contribution in [-0.4, -0.2) is 4.99 Å². The van der Waals surface area contributed by atoms with Crippen molar-refractivity contribution in [3.05, 3.63) is 52.0 Å². The second-order valence-corrected chi connectivity index (χ2v) is 5.20. The Bertz CT molecular complexity index is 552. The van der Waals surface area contributed by atoms with Crippen LogP contribution >= 0.6 is 23.6 Å². The molecular weight excluding hydrogens is 267 g/mol. The van der Waals surface area contributed by atoms with E-state index in [-0.39, 0.29) is 16.8 Å². The molecule has 1 heterocycles. The Morgan fingerprint density at radius 1 is 1.44 bits per heavy atom. The van der Waals surface area contributed by atoms with Gasteiger partial charge in [-0.15, -0.1) is 0 Å². The number of nitrogens with one attached hydrogen (secondary N) is 1. The number of thiocarbonyl (C=S) groups is 1. The smallest absolute Gasteiger partial charge is 0.124 e. The van der Waals surface area contributed by atoms with Crippen LogP contribution < -0.4 is 11.1 Å². The van der Waals surface area contributed by atoms with Gasteiger partial charge in [-0.05, 0) is 47.5 Å². The first kappa shape index (κ1) is 13.0. The monoisotopic (exact) mass is 280 g/mol. The Kier molecular flexibility index (Phi) is 3.93. The molecule has 1 aromatic carbocycles. The van der Waals surface area contributed by atoms with Crippen molar-refractivity contribution in [3.63, 3.8) is 0 Å². The Hall–Kier alpha value is -1.46. The number of hydrogen-bond acceptors (Lipinski definition) is 3. The second-order valence-electron chi connectivity index (χ2n) is 3.98. The molecule has 5 heteroatoms. The lowest BCUT2D eigenvalue weighted by Crippen LogP contribution is -2.15. The highest BCUT2D eigenvalue weighted by Gasteiger charge is 2.11. The zero-order chi connectivity index (χ0) is 13.1.